The number of aliphatic hydroxyl groups excluding tert-OH is 3. The first-order valence-corrected chi connectivity index (χ1v) is 8.15. The van der Waals surface area contributed by atoms with E-state index in [9.17, 15) is 40.7 Å². The molecule has 0 bridgehead atoms. The van der Waals surface area contributed by atoms with Crippen LogP contribution < -0.4 is 0 Å². The number of phenolic OH excluding ortho intramolecular Hbond substituents is 1. The van der Waals surface area contributed by atoms with E-state index in [1.165, 1.54) is 18.2 Å². The van der Waals surface area contributed by atoms with Crippen LogP contribution in [0.4, 0.5) is 0 Å². The van der Waals surface area contributed by atoms with Crippen molar-refractivity contribution < 1.29 is 35.1 Å². The molecule has 5 N–H and O–H groups in total. The van der Waals surface area contributed by atoms with Gasteiger partial charge < -0.3 is 36.2 Å². The number of fused-ring (bicyclic) bond motifs is 2. The van der Waals surface area contributed by atoms with Crippen molar-refractivity contribution in [3.63, 3.8) is 0 Å². The normalized spacial score (nSPS) is 35.1. The lowest BCUT2D eigenvalue weighted by Crippen LogP contribution is -2.60. The van der Waals surface area contributed by atoms with Gasteiger partial charge in [-0.25, -0.2) is 0 Å². The van der Waals surface area contributed by atoms with E-state index in [0.717, 1.165) is 6.92 Å². The van der Waals surface area contributed by atoms with Crippen molar-refractivity contribution in [2.45, 2.75) is 36.9 Å². The maximum absolute atomic E-state index is 13.0. The second-order valence-electron chi connectivity index (χ2n) is 7.05. The van der Waals surface area contributed by atoms with Crippen LogP contribution in [-0.4, -0.2) is 67.1 Å². The van der Waals surface area contributed by atoms with Crippen molar-refractivity contribution in [3.05, 3.63) is 57.1 Å². The van der Waals surface area contributed by atoms with Gasteiger partial charge in [0.25, 0.3) is 0 Å². The molecule has 0 saturated carbocycles. The molecule has 9 nitrogen and oxygen atoms in total. The maximum atomic E-state index is 13.0. The summed E-state index contributed by atoms with van der Waals surface area (Å²) in [6.07, 6.45) is -5.47. The minimum Gasteiger partial charge on any atom is -0.711 e. The Hall–Kier alpha value is -2.72. The highest BCUT2D eigenvalue weighted by atomic mass is 16.4. The largest absolute Gasteiger partial charge is 0.711 e. The van der Waals surface area contributed by atoms with Crippen LogP contribution in [0.15, 0.2) is 45.6 Å². The van der Waals surface area contributed by atoms with Gasteiger partial charge in [-0.1, -0.05) is 12.1 Å². The number of hydrogen-bond donors (Lipinski definition) is 5. The molecule has 1 aromatic rings. The number of benzene rings is 1. The predicted molar refractivity (Wildman–Crippen MR) is 89.0 cm³/mol. The molecule has 5 unspecified atom stereocenters. The summed E-state index contributed by atoms with van der Waals surface area (Å²) in [7, 11) is 0. The number of aliphatic hydroxyl groups is 4. The van der Waals surface area contributed by atoms with E-state index in [-0.39, 0.29) is 33.4 Å². The van der Waals surface area contributed by atoms with Gasteiger partial charge in [-0.3, -0.25) is 9.59 Å². The molecular formula is C18H15N2O7-. The van der Waals surface area contributed by atoms with Crippen LogP contribution in [0.25, 0.3) is 5.53 Å². The van der Waals surface area contributed by atoms with Crippen molar-refractivity contribution in [2.75, 3.05) is 0 Å². The zero-order chi connectivity index (χ0) is 19.8. The van der Waals surface area contributed by atoms with Gasteiger partial charge in [0, 0.05) is 16.7 Å². The number of aromatic hydroxyl groups is 1. The van der Waals surface area contributed by atoms with Gasteiger partial charge in [0.2, 0.25) is 0 Å². The highest BCUT2D eigenvalue weighted by molar-refractivity contribution is 6.31. The summed E-state index contributed by atoms with van der Waals surface area (Å²) in [6.45, 7) is 1.07. The Balaban J connectivity index is 2.02. The van der Waals surface area contributed by atoms with Gasteiger partial charge in [0.15, 0.2) is 11.6 Å². The fourth-order valence-corrected chi connectivity index (χ4v) is 4.14. The third-order valence-electron chi connectivity index (χ3n) is 5.56. The van der Waals surface area contributed by atoms with Gasteiger partial charge in [0.05, 0.1) is 11.6 Å². The lowest BCUT2D eigenvalue weighted by molar-refractivity contribution is -0.159. The minimum atomic E-state index is -2.21. The summed E-state index contributed by atoms with van der Waals surface area (Å²) in [6, 6.07) is 2.39. The van der Waals surface area contributed by atoms with Crippen LogP contribution >= 0.6 is 0 Å². The Bertz CT molecular complexity index is 991. The lowest BCUT2D eigenvalue weighted by atomic mass is 9.73. The van der Waals surface area contributed by atoms with E-state index in [1.807, 2.05) is 0 Å². The molecule has 0 spiro atoms. The summed E-state index contributed by atoms with van der Waals surface area (Å²) >= 11 is 0. The molecule has 5 atom stereocenters. The average Bonchev–Trinajstić information content (AvgIpc) is 2.98. The number of hydrogen-bond acceptors (Lipinski definition) is 8. The first-order valence-electron chi connectivity index (χ1n) is 8.15. The van der Waals surface area contributed by atoms with E-state index < -0.39 is 47.3 Å². The average molecular weight is 371 g/mol. The molecule has 4 rings (SSSR count). The van der Waals surface area contributed by atoms with E-state index in [1.54, 1.807) is 0 Å². The van der Waals surface area contributed by atoms with Gasteiger partial charge in [-0.05, 0) is 24.1 Å². The zero-order valence-electron chi connectivity index (χ0n) is 14.0. The third-order valence-corrected chi connectivity index (χ3v) is 5.56. The van der Waals surface area contributed by atoms with Crippen LogP contribution in [-0.2, 0) is 0 Å². The molecule has 0 radical (unpaired) electrons. The van der Waals surface area contributed by atoms with Crippen LogP contribution in [0.3, 0.4) is 0 Å². The number of ketones is 2. The smallest absolute Gasteiger partial charge is 0.196 e. The SMILES string of the molecule is CC1(O)C(O)C2=C(C3=C(C(=O)c4c(O)cccc4C3=O)C2N=[N-])C(O)C1O. The number of nitrogens with zero attached hydrogens (tertiary/aromatic N) is 2. The highest BCUT2D eigenvalue weighted by Gasteiger charge is 2.57. The molecular weight excluding hydrogens is 356 g/mol. The number of rotatable bonds is 1. The predicted octanol–water partition coefficient (Wildman–Crippen LogP) is -0.384. The summed E-state index contributed by atoms with van der Waals surface area (Å²) in [4.78, 5) is 26.0. The Kier molecular flexibility index (Phi) is 3.53. The number of phenols is 1. The summed E-state index contributed by atoms with van der Waals surface area (Å²) in [5.74, 6) is -1.97. The molecule has 140 valence electrons. The Morgan fingerprint density at radius 1 is 1.11 bits per heavy atom. The quantitative estimate of drug-likeness (QED) is 0.419. The Labute approximate surface area is 152 Å². The molecule has 0 amide bonds. The Morgan fingerprint density at radius 3 is 2.41 bits per heavy atom. The zero-order valence-corrected chi connectivity index (χ0v) is 14.0. The van der Waals surface area contributed by atoms with Gasteiger partial charge in [-0.15, -0.1) is 0 Å². The maximum Gasteiger partial charge on any atom is 0.196 e. The van der Waals surface area contributed by atoms with Crippen LogP contribution in [0.1, 0.15) is 27.6 Å². The van der Waals surface area contributed by atoms with Crippen LogP contribution in [0.5, 0.6) is 5.75 Å². The molecule has 0 fully saturated rings. The number of carbonyl (C=O) groups is 2. The first-order chi connectivity index (χ1) is 12.6. The lowest BCUT2D eigenvalue weighted by Gasteiger charge is -2.43. The Morgan fingerprint density at radius 2 is 1.78 bits per heavy atom. The molecule has 1 aromatic carbocycles. The van der Waals surface area contributed by atoms with Crippen molar-refractivity contribution in [1.82, 2.24) is 0 Å². The van der Waals surface area contributed by atoms with E-state index in [2.05, 4.69) is 5.11 Å². The summed E-state index contributed by atoms with van der Waals surface area (Å²) < 4.78 is 0. The molecule has 0 aliphatic heterocycles. The standard InChI is InChI=1S/C18H15N2O7/c1-18(27)16(25)11-9(15(24)17(18)26)8-10(12(11)20-19)14(23)7-5(13(8)22)3-2-4-6(7)21/h2-4,12,15-17,21,24-27H,1H3/q-1. The van der Waals surface area contributed by atoms with E-state index in [4.69, 9.17) is 0 Å². The van der Waals surface area contributed by atoms with Crippen molar-refractivity contribution in [2.24, 2.45) is 5.11 Å². The van der Waals surface area contributed by atoms with Gasteiger partial charge in [0.1, 0.15) is 29.7 Å². The molecule has 9 heteroatoms. The van der Waals surface area contributed by atoms with Crippen LogP contribution in [0.2, 0.25) is 0 Å². The van der Waals surface area contributed by atoms with Crippen LogP contribution in [0, 0.1) is 0 Å². The second kappa shape index (κ2) is 5.40. The molecule has 3 aliphatic carbocycles. The monoisotopic (exact) mass is 371 g/mol. The molecule has 27 heavy (non-hydrogen) atoms. The summed E-state index contributed by atoms with van der Waals surface area (Å²) in [5.41, 5.74) is 5.80. The van der Waals surface area contributed by atoms with Gasteiger partial charge in [-0.2, -0.15) is 0 Å². The first kappa shape index (κ1) is 17.7. The highest BCUT2D eigenvalue weighted by Crippen LogP contribution is 2.50. The number of carbonyl (C=O) groups excluding carboxylic acids is 2. The van der Waals surface area contributed by atoms with Crippen molar-refractivity contribution in [1.29, 1.82) is 0 Å². The number of Topliss-reactive ketones (excluding diaryl/α,β-unsaturated/α-hetero) is 2. The molecule has 0 saturated heterocycles. The van der Waals surface area contributed by atoms with Crippen molar-refractivity contribution >= 4 is 11.6 Å². The molecule has 0 aromatic heterocycles. The topological polar surface area (TPSA) is 170 Å². The fourth-order valence-electron chi connectivity index (χ4n) is 4.14. The van der Waals surface area contributed by atoms with E-state index >= 15 is 0 Å². The fraction of sp³-hybridized carbons (Fsp3) is 0.333. The molecule has 0 heterocycles. The van der Waals surface area contributed by atoms with Gasteiger partial charge >= 0.3 is 0 Å². The third kappa shape index (κ3) is 1.96. The van der Waals surface area contributed by atoms with E-state index in [0.29, 0.717) is 0 Å². The minimum absolute atomic E-state index is 0.113. The second-order valence-corrected chi connectivity index (χ2v) is 7.05. The summed E-state index contributed by atoms with van der Waals surface area (Å²) in [5, 5.41) is 54.8. The van der Waals surface area contributed by atoms with Crippen molar-refractivity contribution in [3.8, 4) is 5.75 Å². The molecule has 3 aliphatic rings.